The van der Waals surface area contributed by atoms with Gasteiger partial charge in [0.1, 0.15) is 10.7 Å². The molecule has 1 amide bonds. The van der Waals surface area contributed by atoms with Crippen LogP contribution in [0, 0.1) is 15.9 Å². The highest BCUT2D eigenvalue weighted by molar-refractivity contribution is 7.89. The summed E-state index contributed by atoms with van der Waals surface area (Å²) >= 11 is 0. The standard InChI is InChI=1S/C9H10FN3O6S/c10-5-3-7(19-2-1-9(11)14)6(13(15)16)4-8(5)20(12,17)18/h3-4H,1-2H2,(H2,11,14)(H2,12,17,18). The maximum atomic E-state index is 13.5. The average Bonchev–Trinajstić information content (AvgIpc) is 2.26. The summed E-state index contributed by atoms with van der Waals surface area (Å²) in [5, 5.41) is 15.5. The normalized spacial score (nSPS) is 11.1. The van der Waals surface area contributed by atoms with E-state index in [2.05, 4.69) is 0 Å². The highest BCUT2D eigenvalue weighted by Gasteiger charge is 2.24. The predicted molar refractivity (Wildman–Crippen MR) is 63.7 cm³/mol. The number of carbonyl (C=O) groups is 1. The predicted octanol–water partition coefficient (Wildman–Crippen LogP) is -0.364. The number of nitrogens with zero attached hydrogens (tertiary/aromatic N) is 1. The molecule has 1 aromatic carbocycles. The molecule has 0 aliphatic carbocycles. The monoisotopic (exact) mass is 307 g/mol. The highest BCUT2D eigenvalue weighted by Crippen LogP contribution is 2.31. The Balaban J connectivity index is 3.22. The summed E-state index contributed by atoms with van der Waals surface area (Å²) in [6.07, 6.45) is -0.240. The molecule has 0 aliphatic rings. The van der Waals surface area contributed by atoms with Crippen LogP contribution in [-0.2, 0) is 14.8 Å². The third-order valence-electron chi connectivity index (χ3n) is 2.12. The minimum absolute atomic E-state index is 0.240. The van der Waals surface area contributed by atoms with Gasteiger partial charge in [-0.2, -0.15) is 0 Å². The van der Waals surface area contributed by atoms with Crippen LogP contribution in [0.15, 0.2) is 17.0 Å². The number of hydrogen-bond acceptors (Lipinski definition) is 6. The number of carbonyl (C=O) groups excluding carboxylic acids is 1. The first-order valence-electron chi connectivity index (χ1n) is 5.04. The van der Waals surface area contributed by atoms with Crippen molar-refractivity contribution in [2.24, 2.45) is 10.9 Å². The molecular weight excluding hydrogens is 297 g/mol. The Morgan fingerprint density at radius 1 is 1.45 bits per heavy atom. The lowest BCUT2D eigenvalue weighted by Crippen LogP contribution is -2.16. The lowest BCUT2D eigenvalue weighted by molar-refractivity contribution is -0.386. The van der Waals surface area contributed by atoms with Crippen LogP contribution in [0.2, 0.25) is 0 Å². The summed E-state index contributed by atoms with van der Waals surface area (Å²) in [5.41, 5.74) is 4.05. The van der Waals surface area contributed by atoms with E-state index in [-0.39, 0.29) is 13.0 Å². The Bertz CT molecular complexity index is 660. The van der Waals surface area contributed by atoms with Crippen LogP contribution in [0.1, 0.15) is 6.42 Å². The van der Waals surface area contributed by atoms with Crippen LogP contribution in [0.4, 0.5) is 10.1 Å². The van der Waals surface area contributed by atoms with Crippen LogP contribution in [0.5, 0.6) is 5.75 Å². The van der Waals surface area contributed by atoms with E-state index in [1.807, 2.05) is 0 Å². The number of sulfonamides is 1. The average molecular weight is 307 g/mol. The molecule has 0 aromatic heterocycles. The Labute approximate surface area is 112 Å². The zero-order valence-corrected chi connectivity index (χ0v) is 10.7. The molecule has 11 heteroatoms. The number of primary amides is 1. The fraction of sp³-hybridized carbons (Fsp3) is 0.222. The minimum atomic E-state index is -4.45. The summed E-state index contributed by atoms with van der Waals surface area (Å²) in [4.78, 5) is 19.3. The third-order valence-corrected chi connectivity index (χ3v) is 3.05. The second-order valence-electron chi connectivity index (χ2n) is 3.62. The zero-order chi connectivity index (χ0) is 15.5. The molecule has 20 heavy (non-hydrogen) atoms. The largest absolute Gasteiger partial charge is 0.486 e. The number of hydrogen-bond donors (Lipinski definition) is 2. The van der Waals surface area contributed by atoms with Gasteiger partial charge in [0.2, 0.25) is 15.9 Å². The number of nitro groups is 1. The van der Waals surface area contributed by atoms with Gasteiger partial charge in [0.05, 0.1) is 18.0 Å². The number of halogens is 1. The van der Waals surface area contributed by atoms with Crippen molar-refractivity contribution in [1.82, 2.24) is 0 Å². The van der Waals surface area contributed by atoms with Crippen molar-refractivity contribution < 1.29 is 27.3 Å². The summed E-state index contributed by atoms with van der Waals surface area (Å²) in [5.74, 6) is -2.54. The topological polar surface area (TPSA) is 156 Å². The highest BCUT2D eigenvalue weighted by atomic mass is 32.2. The van der Waals surface area contributed by atoms with E-state index in [0.717, 1.165) is 0 Å². The summed E-state index contributed by atoms with van der Waals surface area (Å²) in [6, 6.07) is 0.961. The van der Waals surface area contributed by atoms with Crippen LogP contribution in [0.3, 0.4) is 0 Å². The van der Waals surface area contributed by atoms with Crippen molar-refractivity contribution in [3.63, 3.8) is 0 Å². The maximum Gasteiger partial charge on any atom is 0.312 e. The van der Waals surface area contributed by atoms with E-state index in [0.29, 0.717) is 12.1 Å². The van der Waals surface area contributed by atoms with Crippen LogP contribution in [0.25, 0.3) is 0 Å². The van der Waals surface area contributed by atoms with E-state index < -0.39 is 43.0 Å². The van der Waals surface area contributed by atoms with Gasteiger partial charge in [0, 0.05) is 12.1 Å². The molecule has 1 aromatic rings. The molecule has 9 nitrogen and oxygen atoms in total. The molecule has 0 fully saturated rings. The van der Waals surface area contributed by atoms with E-state index in [1.165, 1.54) is 0 Å². The molecule has 110 valence electrons. The molecular formula is C9H10FN3O6S. The summed E-state index contributed by atoms with van der Waals surface area (Å²) < 4.78 is 40.5. The second-order valence-corrected chi connectivity index (χ2v) is 5.15. The molecule has 0 heterocycles. The smallest absolute Gasteiger partial charge is 0.312 e. The molecule has 0 saturated carbocycles. The first-order chi connectivity index (χ1) is 9.12. The molecule has 0 spiro atoms. The van der Waals surface area contributed by atoms with Crippen molar-refractivity contribution in [2.75, 3.05) is 6.61 Å². The first-order valence-corrected chi connectivity index (χ1v) is 6.59. The van der Waals surface area contributed by atoms with E-state index in [4.69, 9.17) is 15.6 Å². The summed E-state index contributed by atoms with van der Waals surface area (Å²) in [6.45, 7) is -0.315. The SMILES string of the molecule is NC(=O)CCOc1cc(F)c(S(N)(=O)=O)cc1[N+](=O)[O-]. The van der Waals surface area contributed by atoms with E-state index in [9.17, 15) is 27.7 Å². The van der Waals surface area contributed by atoms with Gasteiger partial charge in [-0.3, -0.25) is 14.9 Å². The second kappa shape index (κ2) is 5.79. The number of primary sulfonamides is 1. The van der Waals surface area contributed by atoms with Gasteiger partial charge in [0.25, 0.3) is 0 Å². The van der Waals surface area contributed by atoms with Gasteiger partial charge in [-0.1, -0.05) is 0 Å². The van der Waals surface area contributed by atoms with E-state index in [1.54, 1.807) is 0 Å². The number of rotatable bonds is 6. The Morgan fingerprint density at radius 2 is 2.05 bits per heavy atom. The molecule has 0 unspecified atom stereocenters. The number of nitrogens with two attached hydrogens (primary N) is 2. The van der Waals surface area contributed by atoms with Crippen molar-refractivity contribution in [3.8, 4) is 5.75 Å². The number of amides is 1. The van der Waals surface area contributed by atoms with Gasteiger partial charge in [-0.25, -0.2) is 17.9 Å². The fourth-order valence-electron chi connectivity index (χ4n) is 1.26. The van der Waals surface area contributed by atoms with Gasteiger partial charge >= 0.3 is 5.69 Å². The fourth-order valence-corrected chi connectivity index (χ4v) is 1.87. The Hall–Kier alpha value is -2.27. The molecule has 0 radical (unpaired) electrons. The zero-order valence-electron chi connectivity index (χ0n) is 9.91. The lowest BCUT2D eigenvalue weighted by Gasteiger charge is -2.07. The lowest BCUT2D eigenvalue weighted by atomic mass is 10.3. The molecule has 4 N–H and O–H groups in total. The Morgan fingerprint density at radius 3 is 2.50 bits per heavy atom. The number of benzene rings is 1. The maximum absolute atomic E-state index is 13.5. The molecule has 0 atom stereocenters. The molecule has 0 aliphatic heterocycles. The summed E-state index contributed by atoms with van der Waals surface area (Å²) in [7, 11) is -4.45. The molecule has 1 rings (SSSR count). The van der Waals surface area contributed by atoms with Crippen molar-refractivity contribution in [2.45, 2.75) is 11.3 Å². The molecule has 0 bridgehead atoms. The van der Waals surface area contributed by atoms with Crippen LogP contribution in [-0.4, -0.2) is 25.9 Å². The number of ether oxygens (including phenoxy) is 1. The number of nitro benzene ring substituents is 1. The van der Waals surface area contributed by atoms with Gasteiger partial charge < -0.3 is 10.5 Å². The first kappa shape index (κ1) is 15.8. The van der Waals surface area contributed by atoms with Gasteiger partial charge in [0.15, 0.2) is 5.75 Å². The van der Waals surface area contributed by atoms with Crippen molar-refractivity contribution in [1.29, 1.82) is 0 Å². The quantitative estimate of drug-likeness (QED) is 0.539. The third kappa shape index (κ3) is 3.86. The van der Waals surface area contributed by atoms with Crippen LogP contribution >= 0.6 is 0 Å². The van der Waals surface area contributed by atoms with Crippen molar-refractivity contribution in [3.05, 3.63) is 28.1 Å². The Kier molecular flexibility index (Phi) is 4.57. The minimum Gasteiger partial charge on any atom is -0.486 e. The molecule has 0 saturated heterocycles. The van der Waals surface area contributed by atoms with Crippen molar-refractivity contribution >= 4 is 21.6 Å². The van der Waals surface area contributed by atoms with Crippen LogP contribution < -0.4 is 15.6 Å². The van der Waals surface area contributed by atoms with Gasteiger partial charge in [-0.05, 0) is 0 Å². The van der Waals surface area contributed by atoms with E-state index >= 15 is 0 Å². The van der Waals surface area contributed by atoms with Gasteiger partial charge in [-0.15, -0.1) is 0 Å².